The van der Waals surface area contributed by atoms with Gasteiger partial charge in [0.25, 0.3) is 10.9 Å². The molecule has 0 saturated carbocycles. The third-order valence-electron chi connectivity index (χ3n) is 3.57. The second-order valence-electron chi connectivity index (χ2n) is 6.06. The fourth-order valence-corrected chi connectivity index (χ4v) is 2.36. The summed E-state index contributed by atoms with van der Waals surface area (Å²) in [6.07, 6.45) is 2.14. The average molecular weight is 382 g/mol. The number of carbonyl (C=O) groups excluding carboxylic acids is 1. The second kappa shape index (κ2) is 9.43. The molecular weight excluding hydrogens is 360 g/mol. The highest BCUT2D eigenvalue weighted by molar-refractivity contribution is 5.79. The van der Waals surface area contributed by atoms with Gasteiger partial charge in [0.15, 0.2) is 6.29 Å². The lowest BCUT2D eigenvalue weighted by molar-refractivity contribution is 0.111. The molecule has 0 saturated heterocycles. The third kappa shape index (κ3) is 4.80. The smallest absolute Gasteiger partial charge is 0.253 e. The SMILES string of the molecule is CN(C)c1c(Nc2ccc(Oc3ccnc(C=O)c3)cc2)c(=O)c1=O.CNC. The maximum Gasteiger partial charge on any atom is 0.253 e. The van der Waals surface area contributed by atoms with Crippen molar-refractivity contribution < 1.29 is 9.53 Å². The van der Waals surface area contributed by atoms with Gasteiger partial charge < -0.3 is 20.3 Å². The zero-order valence-electron chi connectivity index (χ0n) is 16.1. The summed E-state index contributed by atoms with van der Waals surface area (Å²) < 4.78 is 5.65. The van der Waals surface area contributed by atoms with Crippen LogP contribution < -0.4 is 31.1 Å². The molecule has 0 spiro atoms. The van der Waals surface area contributed by atoms with Crippen LogP contribution in [0.25, 0.3) is 0 Å². The fraction of sp³-hybridized carbons (Fsp3) is 0.200. The standard InChI is InChI=1S/C18H15N3O4.C2H7N/c1-21(2)16-15(17(23)18(16)24)20-11-3-5-13(6-4-11)25-14-7-8-19-12(9-14)10-22;1-3-2/h3-10,20H,1-2H3;3H,1-2H3. The lowest BCUT2D eigenvalue weighted by Crippen LogP contribution is -2.39. The van der Waals surface area contributed by atoms with Crippen LogP contribution in [0.1, 0.15) is 10.5 Å². The first-order chi connectivity index (χ1) is 13.4. The maximum atomic E-state index is 11.7. The molecule has 0 aliphatic rings. The summed E-state index contributed by atoms with van der Waals surface area (Å²) in [5, 5.41) is 5.71. The van der Waals surface area contributed by atoms with Crippen molar-refractivity contribution in [3.63, 3.8) is 0 Å². The van der Waals surface area contributed by atoms with Gasteiger partial charge in [0.1, 0.15) is 28.6 Å². The summed E-state index contributed by atoms with van der Waals surface area (Å²) in [5.41, 5.74) is 0.577. The van der Waals surface area contributed by atoms with Crippen LogP contribution in [0.4, 0.5) is 17.1 Å². The number of anilines is 3. The highest BCUT2D eigenvalue weighted by Crippen LogP contribution is 2.26. The van der Waals surface area contributed by atoms with Gasteiger partial charge in [0.05, 0.1) is 0 Å². The van der Waals surface area contributed by atoms with Crippen LogP contribution in [-0.4, -0.2) is 39.5 Å². The molecule has 8 nitrogen and oxygen atoms in total. The number of nitrogens with one attached hydrogen (secondary N) is 2. The molecule has 146 valence electrons. The molecule has 0 fully saturated rings. The average Bonchev–Trinajstić information content (AvgIpc) is 2.69. The molecule has 0 radical (unpaired) electrons. The van der Waals surface area contributed by atoms with Crippen molar-refractivity contribution in [2.45, 2.75) is 0 Å². The minimum atomic E-state index is -0.526. The maximum absolute atomic E-state index is 11.7. The van der Waals surface area contributed by atoms with Crippen molar-refractivity contribution >= 4 is 23.3 Å². The largest absolute Gasteiger partial charge is 0.457 e. The van der Waals surface area contributed by atoms with E-state index in [0.717, 1.165) is 0 Å². The van der Waals surface area contributed by atoms with Crippen molar-refractivity contribution in [1.29, 1.82) is 0 Å². The molecule has 2 N–H and O–H groups in total. The molecule has 0 atom stereocenters. The second-order valence-corrected chi connectivity index (χ2v) is 6.06. The van der Waals surface area contributed by atoms with Crippen molar-refractivity contribution in [3.8, 4) is 11.5 Å². The van der Waals surface area contributed by atoms with E-state index < -0.39 is 10.9 Å². The van der Waals surface area contributed by atoms with Crippen LogP contribution in [-0.2, 0) is 0 Å². The number of rotatable bonds is 6. The van der Waals surface area contributed by atoms with Crippen LogP contribution in [0.5, 0.6) is 11.5 Å². The molecule has 0 amide bonds. The van der Waals surface area contributed by atoms with Crippen LogP contribution in [0, 0.1) is 0 Å². The molecule has 0 aliphatic heterocycles. The van der Waals surface area contributed by atoms with E-state index in [1.54, 1.807) is 49.3 Å². The predicted octanol–water partition coefficient (Wildman–Crippen LogP) is 1.93. The Kier molecular flexibility index (Phi) is 7.00. The minimum Gasteiger partial charge on any atom is -0.457 e. The summed E-state index contributed by atoms with van der Waals surface area (Å²) in [7, 11) is 7.17. The van der Waals surface area contributed by atoms with Crippen molar-refractivity contribution in [2.75, 3.05) is 38.4 Å². The van der Waals surface area contributed by atoms with E-state index in [1.807, 2.05) is 14.1 Å². The Morgan fingerprint density at radius 1 is 1.00 bits per heavy atom. The van der Waals surface area contributed by atoms with E-state index >= 15 is 0 Å². The molecule has 1 heterocycles. The van der Waals surface area contributed by atoms with Gasteiger partial charge in [-0.3, -0.25) is 19.4 Å². The molecule has 1 aromatic heterocycles. The number of pyridine rings is 1. The Morgan fingerprint density at radius 3 is 2.21 bits per heavy atom. The summed E-state index contributed by atoms with van der Waals surface area (Å²) in [6, 6.07) is 10.1. The van der Waals surface area contributed by atoms with E-state index in [4.69, 9.17) is 4.74 Å². The van der Waals surface area contributed by atoms with Crippen molar-refractivity contribution in [2.24, 2.45) is 0 Å². The third-order valence-corrected chi connectivity index (χ3v) is 3.57. The number of hydrogen-bond donors (Lipinski definition) is 2. The predicted molar refractivity (Wildman–Crippen MR) is 110 cm³/mol. The molecule has 0 bridgehead atoms. The number of nitrogens with zero attached hydrogens (tertiary/aromatic N) is 2. The zero-order valence-corrected chi connectivity index (χ0v) is 16.1. The van der Waals surface area contributed by atoms with Gasteiger partial charge in [-0.05, 0) is 44.4 Å². The Hall–Kier alpha value is -3.52. The molecule has 0 unspecified atom stereocenters. The van der Waals surface area contributed by atoms with Gasteiger partial charge in [0, 0.05) is 32.0 Å². The van der Waals surface area contributed by atoms with Gasteiger partial charge in [0.2, 0.25) is 0 Å². The van der Waals surface area contributed by atoms with E-state index in [1.165, 1.54) is 12.3 Å². The van der Waals surface area contributed by atoms with E-state index in [2.05, 4.69) is 15.6 Å². The van der Waals surface area contributed by atoms with Gasteiger partial charge in [-0.2, -0.15) is 0 Å². The molecule has 2 aromatic carbocycles. The van der Waals surface area contributed by atoms with E-state index in [9.17, 15) is 14.4 Å². The van der Waals surface area contributed by atoms with Gasteiger partial charge in [-0.1, -0.05) is 0 Å². The summed E-state index contributed by atoms with van der Waals surface area (Å²) in [6.45, 7) is 0. The highest BCUT2D eigenvalue weighted by Gasteiger charge is 2.22. The molecule has 3 rings (SSSR count). The van der Waals surface area contributed by atoms with E-state index in [0.29, 0.717) is 29.2 Å². The lowest BCUT2D eigenvalue weighted by Gasteiger charge is -2.19. The first-order valence-electron chi connectivity index (χ1n) is 8.46. The monoisotopic (exact) mass is 382 g/mol. The topological polar surface area (TPSA) is 101 Å². The van der Waals surface area contributed by atoms with Crippen LogP contribution in [0.15, 0.2) is 52.2 Å². The van der Waals surface area contributed by atoms with Crippen molar-refractivity contribution in [1.82, 2.24) is 10.3 Å². The first-order valence-corrected chi connectivity index (χ1v) is 8.46. The molecule has 3 aromatic rings. The summed E-state index contributed by atoms with van der Waals surface area (Å²) >= 11 is 0. The Morgan fingerprint density at radius 2 is 1.64 bits per heavy atom. The Bertz CT molecular complexity index is 1010. The van der Waals surface area contributed by atoms with Crippen LogP contribution in [0.3, 0.4) is 0 Å². The lowest BCUT2D eigenvalue weighted by atomic mass is 10.1. The van der Waals surface area contributed by atoms with E-state index in [-0.39, 0.29) is 11.4 Å². The quantitative estimate of drug-likeness (QED) is 0.493. The zero-order chi connectivity index (χ0) is 20.7. The molecular formula is C20H22N4O4. The summed E-state index contributed by atoms with van der Waals surface area (Å²) in [5.74, 6) is 1.06. The number of benzene rings is 1. The van der Waals surface area contributed by atoms with Gasteiger partial charge in [-0.25, -0.2) is 0 Å². The van der Waals surface area contributed by atoms with Gasteiger partial charge in [-0.15, -0.1) is 0 Å². The summed E-state index contributed by atoms with van der Waals surface area (Å²) in [4.78, 5) is 39.5. The fourth-order valence-electron chi connectivity index (χ4n) is 2.36. The number of ether oxygens (including phenoxy) is 1. The van der Waals surface area contributed by atoms with Crippen molar-refractivity contribution in [3.05, 3.63) is 68.7 Å². The molecule has 0 aliphatic carbocycles. The number of aromatic nitrogens is 1. The molecule has 28 heavy (non-hydrogen) atoms. The van der Waals surface area contributed by atoms with Crippen LogP contribution >= 0.6 is 0 Å². The first kappa shape index (κ1) is 20.8. The normalized spacial score (nSPS) is 10.0. The van der Waals surface area contributed by atoms with Crippen LogP contribution in [0.2, 0.25) is 0 Å². The number of carbonyl (C=O) groups is 1. The van der Waals surface area contributed by atoms with Gasteiger partial charge >= 0.3 is 0 Å². The minimum absolute atomic E-state index is 0.284. The number of aldehydes is 1. The Labute approximate surface area is 162 Å². The number of hydrogen-bond acceptors (Lipinski definition) is 8. The molecule has 8 heteroatoms. The highest BCUT2D eigenvalue weighted by atomic mass is 16.5. The Balaban J connectivity index is 0.000000878.